The number of piperidine rings is 1. The van der Waals surface area contributed by atoms with Gasteiger partial charge in [-0.25, -0.2) is 4.98 Å². The van der Waals surface area contributed by atoms with Gasteiger partial charge in [0.25, 0.3) is 5.91 Å². The third kappa shape index (κ3) is 3.52. The Morgan fingerprint density at radius 3 is 2.50 bits per heavy atom. The van der Waals surface area contributed by atoms with Gasteiger partial charge in [0, 0.05) is 30.6 Å². The Bertz CT molecular complexity index is 1170. The van der Waals surface area contributed by atoms with Crippen LogP contribution >= 0.6 is 11.3 Å². The molecule has 4 aromatic rings. The highest BCUT2D eigenvalue weighted by Crippen LogP contribution is 2.28. The van der Waals surface area contributed by atoms with Gasteiger partial charge in [0.15, 0.2) is 10.8 Å². The Morgan fingerprint density at radius 2 is 1.73 bits per heavy atom. The van der Waals surface area contributed by atoms with Crippen LogP contribution in [0, 0.1) is 5.92 Å². The maximum absolute atomic E-state index is 12.9. The van der Waals surface area contributed by atoms with Gasteiger partial charge in [-0.05, 0) is 25.0 Å². The van der Waals surface area contributed by atoms with E-state index in [-0.39, 0.29) is 23.4 Å². The van der Waals surface area contributed by atoms with Gasteiger partial charge in [0.05, 0.1) is 10.2 Å². The molecule has 1 aliphatic heterocycles. The third-order valence-corrected chi connectivity index (χ3v) is 6.50. The molecule has 0 atom stereocenters. The quantitative estimate of drug-likeness (QED) is 0.451. The molecule has 0 saturated carbocycles. The Kier molecular flexibility index (Phi) is 4.88. The maximum atomic E-state index is 12.9. The molecule has 30 heavy (non-hydrogen) atoms. The molecule has 2 aromatic carbocycles. The molecular weight excluding hydrogens is 398 g/mol. The number of aromatic nitrogens is 2. The number of hydrogen-bond acceptors (Lipinski definition) is 6. The first-order valence-electron chi connectivity index (χ1n) is 9.90. The number of amides is 1. The number of para-hydroxylation sites is 1. The van der Waals surface area contributed by atoms with E-state index in [4.69, 9.17) is 4.52 Å². The van der Waals surface area contributed by atoms with E-state index in [1.54, 1.807) is 11.0 Å². The highest BCUT2D eigenvalue weighted by atomic mass is 32.1. The number of nitrogens with zero attached hydrogens (tertiary/aromatic N) is 3. The van der Waals surface area contributed by atoms with E-state index in [2.05, 4.69) is 10.1 Å². The largest absolute Gasteiger partial charge is 0.350 e. The lowest BCUT2D eigenvalue weighted by Crippen LogP contribution is -2.40. The van der Waals surface area contributed by atoms with Crippen LogP contribution in [-0.4, -0.2) is 39.8 Å². The molecule has 0 spiro atoms. The van der Waals surface area contributed by atoms with Crippen molar-refractivity contribution < 1.29 is 14.1 Å². The van der Waals surface area contributed by atoms with Crippen LogP contribution in [0.2, 0.25) is 0 Å². The summed E-state index contributed by atoms with van der Waals surface area (Å²) >= 11 is 1.44. The molecule has 0 bridgehead atoms. The number of thiazole rings is 1. The van der Waals surface area contributed by atoms with Crippen LogP contribution in [0.5, 0.6) is 0 Å². The Labute approximate surface area is 177 Å². The van der Waals surface area contributed by atoms with Crippen molar-refractivity contribution in [2.24, 2.45) is 5.92 Å². The Hall–Kier alpha value is -3.32. The number of carbonyl (C=O) groups is 2. The van der Waals surface area contributed by atoms with E-state index >= 15 is 0 Å². The van der Waals surface area contributed by atoms with Crippen molar-refractivity contribution in [3.63, 3.8) is 0 Å². The molecule has 1 fully saturated rings. The van der Waals surface area contributed by atoms with Gasteiger partial charge in [-0.2, -0.15) is 0 Å². The molecule has 0 aliphatic carbocycles. The molecule has 0 radical (unpaired) electrons. The second kappa shape index (κ2) is 7.84. The van der Waals surface area contributed by atoms with E-state index in [0.29, 0.717) is 36.6 Å². The molecule has 3 heterocycles. The summed E-state index contributed by atoms with van der Waals surface area (Å²) in [6.07, 6.45) is 1.25. The molecule has 1 amide bonds. The summed E-state index contributed by atoms with van der Waals surface area (Å²) in [5, 5.41) is 4.58. The minimum Gasteiger partial charge on any atom is -0.350 e. The average Bonchev–Trinajstić information content (AvgIpc) is 3.46. The number of rotatable bonds is 4. The molecule has 150 valence electrons. The van der Waals surface area contributed by atoms with Crippen LogP contribution in [0.3, 0.4) is 0 Å². The highest BCUT2D eigenvalue weighted by molar-refractivity contribution is 7.20. The zero-order valence-electron chi connectivity index (χ0n) is 16.2. The molecule has 6 nitrogen and oxygen atoms in total. The summed E-state index contributed by atoms with van der Waals surface area (Å²) in [5.74, 6) is 0.0129. The van der Waals surface area contributed by atoms with Crippen molar-refractivity contribution in [3.8, 4) is 11.3 Å². The molecule has 0 N–H and O–H groups in total. The summed E-state index contributed by atoms with van der Waals surface area (Å²) in [6, 6.07) is 19.1. The Balaban J connectivity index is 1.24. The lowest BCUT2D eigenvalue weighted by molar-refractivity contribution is 0.0616. The lowest BCUT2D eigenvalue weighted by atomic mass is 9.92. The van der Waals surface area contributed by atoms with Crippen LogP contribution in [0.4, 0.5) is 0 Å². The first kappa shape index (κ1) is 18.7. The Morgan fingerprint density at radius 1 is 1.00 bits per heavy atom. The number of hydrogen-bond donors (Lipinski definition) is 0. The zero-order chi connectivity index (χ0) is 20.5. The van der Waals surface area contributed by atoms with Crippen molar-refractivity contribution in [2.45, 2.75) is 12.8 Å². The second-order valence-corrected chi connectivity index (χ2v) is 8.39. The van der Waals surface area contributed by atoms with Gasteiger partial charge in [0.2, 0.25) is 5.76 Å². The third-order valence-electron chi connectivity index (χ3n) is 5.45. The smallest absolute Gasteiger partial charge is 0.292 e. The van der Waals surface area contributed by atoms with E-state index in [1.807, 2.05) is 54.6 Å². The van der Waals surface area contributed by atoms with E-state index in [1.165, 1.54) is 11.3 Å². The molecular formula is C23H19N3O3S. The van der Waals surface area contributed by atoms with Crippen molar-refractivity contribution in [3.05, 3.63) is 71.4 Å². The topological polar surface area (TPSA) is 76.3 Å². The highest BCUT2D eigenvalue weighted by Gasteiger charge is 2.31. The van der Waals surface area contributed by atoms with Gasteiger partial charge >= 0.3 is 0 Å². The standard InChI is InChI=1S/C23H19N3O3S/c27-21(22-24-17-8-4-5-9-20(17)30-22)16-10-12-26(13-11-16)23(28)19-14-18(25-29-19)15-6-2-1-3-7-15/h1-9,14,16H,10-13H2. The summed E-state index contributed by atoms with van der Waals surface area (Å²) in [7, 11) is 0. The second-order valence-electron chi connectivity index (χ2n) is 7.36. The van der Waals surface area contributed by atoms with E-state index in [0.717, 1.165) is 15.8 Å². The SMILES string of the molecule is O=C(c1nc2ccccc2s1)C1CCN(C(=O)c2cc(-c3ccccc3)no2)CC1. The van der Waals surface area contributed by atoms with Gasteiger partial charge in [-0.3, -0.25) is 9.59 Å². The lowest BCUT2D eigenvalue weighted by Gasteiger charge is -2.30. The molecule has 1 aliphatic rings. The number of Topliss-reactive ketones (excluding diaryl/α,β-unsaturated/α-hetero) is 1. The van der Waals surface area contributed by atoms with Crippen LogP contribution in [0.1, 0.15) is 33.2 Å². The predicted octanol–water partition coefficient (Wildman–Crippen LogP) is 4.69. The van der Waals surface area contributed by atoms with Crippen LogP contribution in [0.15, 0.2) is 65.2 Å². The number of ketones is 1. The fraction of sp³-hybridized carbons (Fsp3) is 0.217. The normalized spacial score (nSPS) is 14.9. The molecule has 0 unspecified atom stereocenters. The van der Waals surface area contributed by atoms with Crippen LogP contribution in [-0.2, 0) is 0 Å². The predicted molar refractivity (Wildman–Crippen MR) is 115 cm³/mol. The van der Waals surface area contributed by atoms with Crippen molar-refractivity contribution in [1.82, 2.24) is 15.0 Å². The van der Waals surface area contributed by atoms with Gasteiger partial charge < -0.3 is 9.42 Å². The fourth-order valence-electron chi connectivity index (χ4n) is 3.77. The number of likely N-dealkylation sites (tertiary alicyclic amines) is 1. The molecule has 5 rings (SSSR count). The number of fused-ring (bicyclic) bond motifs is 1. The number of benzene rings is 2. The van der Waals surface area contributed by atoms with Gasteiger partial charge in [0.1, 0.15) is 5.69 Å². The van der Waals surface area contributed by atoms with Gasteiger partial charge in [-0.15, -0.1) is 11.3 Å². The number of carbonyl (C=O) groups excluding carboxylic acids is 2. The first-order valence-corrected chi connectivity index (χ1v) is 10.7. The first-order chi connectivity index (χ1) is 14.7. The summed E-state index contributed by atoms with van der Waals surface area (Å²) in [6.45, 7) is 1.03. The molecule has 1 saturated heterocycles. The van der Waals surface area contributed by atoms with Crippen LogP contribution < -0.4 is 0 Å². The minimum absolute atomic E-state index is 0.0781. The summed E-state index contributed by atoms with van der Waals surface area (Å²) in [4.78, 5) is 31.9. The summed E-state index contributed by atoms with van der Waals surface area (Å²) < 4.78 is 6.32. The molecule has 2 aromatic heterocycles. The minimum atomic E-state index is -0.185. The fourth-order valence-corrected chi connectivity index (χ4v) is 4.76. The monoisotopic (exact) mass is 417 g/mol. The van der Waals surface area contributed by atoms with Gasteiger partial charge in [-0.1, -0.05) is 47.6 Å². The maximum Gasteiger partial charge on any atom is 0.292 e. The van der Waals surface area contributed by atoms with Crippen molar-refractivity contribution in [2.75, 3.05) is 13.1 Å². The van der Waals surface area contributed by atoms with Crippen LogP contribution in [0.25, 0.3) is 21.5 Å². The van der Waals surface area contributed by atoms with Crippen molar-refractivity contribution >= 4 is 33.2 Å². The molecule has 7 heteroatoms. The van der Waals surface area contributed by atoms with E-state index in [9.17, 15) is 9.59 Å². The van der Waals surface area contributed by atoms with E-state index < -0.39 is 0 Å². The average molecular weight is 417 g/mol. The summed E-state index contributed by atoms with van der Waals surface area (Å²) in [5.41, 5.74) is 2.40. The zero-order valence-corrected chi connectivity index (χ0v) is 17.0. The van der Waals surface area contributed by atoms with Crippen molar-refractivity contribution in [1.29, 1.82) is 0 Å².